The number of methoxy groups -OCH3 is 1. The van der Waals surface area contributed by atoms with E-state index in [9.17, 15) is 5.11 Å². The average Bonchev–Trinajstić information content (AvgIpc) is 3.10. The normalized spacial score (nSPS) is 12.2. The third-order valence-electron chi connectivity index (χ3n) is 5.50. The number of para-hydroxylation sites is 2. The summed E-state index contributed by atoms with van der Waals surface area (Å²) in [5, 5.41) is 15.9. The molecule has 3 rings (SSSR count). The van der Waals surface area contributed by atoms with Crippen molar-refractivity contribution in [3.63, 3.8) is 0 Å². The molecule has 0 bridgehead atoms. The van der Waals surface area contributed by atoms with E-state index in [1.165, 1.54) is 0 Å². The van der Waals surface area contributed by atoms with Crippen LogP contribution in [0.2, 0.25) is 5.02 Å². The van der Waals surface area contributed by atoms with Gasteiger partial charge in [-0.15, -0.1) is 0 Å². The van der Waals surface area contributed by atoms with Gasteiger partial charge in [0.25, 0.3) is 0 Å². The van der Waals surface area contributed by atoms with Gasteiger partial charge in [-0.05, 0) is 62.7 Å². The van der Waals surface area contributed by atoms with Gasteiger partial charge < -0.3 is 14.6 Å². The highest BCUT2D eigenvalue weighted by atomic mass is 35.5. The summed E-state index contributed by atoms with van der Waals surface area (Å²) < 4.78 is 13.8. The number of hydrogen-bond acceptors (Lipinski definition) is 5. The Hall–Kier alpha value is -2.54. The predicted octanol–water partition coefficient (Wildman–Crippen LogP) is 6.01. The number of aryl methyl sites for hydroxylation is 1. The zero-order chi connectivity index (χ0) is 23.8. The standard InChI is InChI=1S/C26H34ClN3O3/c1-5-9-22(31)17-29(16-6-2)18-23-19(3)28-30(21-14-12-20(27)13-15-21)26(23)33-25-11-8-7-10-24(25)32-4/h7-8,10-15,22,31H,5-6,9,16-18H2,1-4H3. The molecule has 0 amide bonds. The Morgan fingerprint density at radius 3 is 2.39 bits per heavy atom. The third-order valence-corrected chi connectivity index (χ3v) is 5.75. The number of aliphatic hydroxyl groups is 1. The summed E-state index contributed by atoms with van der Waals surface area (Å²) in [7, 11) is 1.63. The number of halogens is 1. The predicted molar refractivity (Wildman–Crippen MR) is 133 cm³/mol. The molecule has 1 heterocycles. The number of aromatic nitrogens is 2. The van der Waals surface area contributed by atoms with Gasteiger partial charge in [-0.3, -0.25) is 4.90 Å². The minimum Gasteiger partial charge on any atom is -0.493 e. The van der Waals surface area contributed by atoms with Crippen molar-refractivity contribution in [1.29, 1.82) is 0 Å². The molecule has 0 saturated carbocycles. The SMILES string of the molecule is CCCC(O)CN(CCC)Cc1c(C)nn(-c2ccc(Cl)cc2)c1Oc1ccccc1OC. The molecule has 3 aromatic rings. The van der Waals surface area contributed by atoms with E-state index < -0.39 is 0 Å². The first-order valence-electron chi connectivity index (χ1n) is 11.5. The first-order valence-corrected chi connectivity index (χ1v) is 11.9. The number of nitrogens with zero attached hydrogens (tertiary/aromatic N) is 3. The van der Waals surface area contributed by atoms with E-state index in [1.54, 1.807) is 11.8 Å². The highest BCUT2D eigenvalue weighted by molar-refractivity contribution is 6.30. The monoisotopic (exact) mass is 471 g/mol. The van der Waals surface area contributed by atoms with Crippen LogP contribution in [0.4, 0.5) is 0 Å². The molecule has 1 aromatic heterocycles. The molecule has 0 spiro atoms. The molecule has 0 aliphatic heterocycles. The number of benzene rings is 2. The van der Waals surface area contributed by atoms with E-state index in [4.69, 9.17) is 26.2 Å². The Labute approximate surface area is 201 Å². The molecule has 2 aromatic carbocycles. The number of hydrogen-bond donors (Lipinski definition) is 1. The first-order chi connectivity index (χ1) is 16.0. The van der Waals surface area contributed by atoms with Crippen molar-refractivity contribution < 1.29 is 14.6 Å². The number of aliphatic hydroxyl groups excluding tert-OH is 1. The minimum absolute atomic E-state index is 0.355. The van der Waals surface area contributed by atoms with Crippen molar-refractivity contribution in [3.8, 4) is 23.1 Å². The molecule has 0 saturated heterocycles. The van der Waals surface area contributed by atoms with Crippen LogP contribution in [-0.4, -0.2) is 46.1 Å². The van der Waals surface area contributed by atoms with Crippen LogP contribution in [0.15, 0.2) is 48.5 Å². The maximum atomic E-state index is 10.5. The fourth-order valence-corrected chi connectivity index (χ4v) is 4.01. The Morgan fingerprint density at radius 2 is 1.76 bits per heavy atom. The second-order valence-electron chi connectivity index (χ2n) is 8.19. The van der Waals surface area contributed by atoms with Crippen molar-refractivity contribution >= 4 is 11.6 Å². The van der Waals surface area contributed by atoms with Crippen LogP contribution in [0.1, 0.15) is 44.4 Å². The molecule has 0 radical (unpaired) electrons. The van der Waals surface area contributed by atoms with Gasteiger partial charge in [-0.25, -0.2) is 4.68 Å². The summed E-state index contributed by atoms with van der Waals surface area (Å²) in [6.45, 7) is 8.34. The van der Waals surface area contributed by atoms with Crippen LogP contribution >= 0.6 is 11.6 Å². The summed E-state index contributed by atoms with van der Waals surface area (Å²) in [6, 6.07) is 15.1. The molecule has 1 unspecified atom stereocenters. The Kier molecular flexibility index (Phi) is 9.18. The van der Waals surface area contributed by atoms with E-state index in [1.807, 2.05) is 55.5 Å². The summed E-state index contributed by atoms with van der Waals surface area (Å²) in [5.41, 5.74) is 2.71. The largest absolute Gasteiger partial charge is 0.493 e. The van der Waals surface area contributed by atoms with E-state index >= 15 is 0 Å². The Balaban J connectivity index is 2.03. The van der Waals surface area contributed by atoms with Crippen LogP contribution in [0.3, 0.4) is 0 Å². The highest BCUT2D eigenvalue weighted by Gasteiger charge is 2.23. The molecule has 0 aliphatic rings. The van der Waals surface area contributed by atoms with Gasteiger partial charge >= 0.3 is 0 Å². The molecule has 33 heavy (non-hydrogen) atoms. The zero-order valence-electron chi connectivity index (χ0n) is 19.9. The maximum Gasteiger partial charge on any atom is 0.227 e. The first kappa shape index (κ1) is 25.1. The van der Waals surface area contributed by atoms with Gasteiger partial charge in [-0.2, -0.15) is 5.10 Å². The molecule has 7 heteroatoms. The molecular weight excluding hydrogens is 438 g/mol. The highest BCUT2D eigenvalue weighted by Crippen LogP contribution is 2.36. The Bertz CT molecular complexity index is 1020. The fourth-order valence-electron chi connectivity index (χ4n) is 3.89. The minimum atomic E-state index is -0.355. The van der Waals surface area contributed by atoms with Gasteiger partial charge in [-0.1, -0.05) is 44.0 Å². The molecule has 0 aliphatic carbocycles. The lowest BCUT2D eigenvalue weighted by atomic mass is 10.1. The second-order valence-corrected chi connectivity index (χ2v) is 8.62. The molecular formula is C26H34ClN3O3. The topological polar surface area (TPSA) is 59.8 Å². The van der Waals surface area contributed by atoms with E-state index in [2.05, 4.69) is 18.7 Å². The lowest BCUT2D eigenvalue weighted by molar-refractivity contribution is 0.100. The van der Waals surface area contributed by atoms with Crippen LogP contribution in [0, 0.1) is 6.92 Å². The van der Waals surface area contributed by atoms with Crippen LogP contribution in [0.5, 0.6) is 17.4 Å². The quantitative estimate of drug-likeness (QED) is 0.350. The summed E-state index contributed by atoms with van der Waals surface area (Å²) in [4.78, 5) is 2.27. The maximum absolute atomic E-state index is 10.5. The molecule has 178 valence electrons. The van der Waals surface area contributed by atoms with E-state index in [0.29, 0.717) is 35.5 Å². The van der Waals surface area contributed by atoms with Gasteiger partial charge in [0.05, 0.1) is 30.2 Å². The molecule has 1 N–H and O–H groups in total. The van der Waals surface area contributed by atoms with E-state index in [0.717, 1.165) is 42.8 Å². The molecule has 1 atom stereocenters. The van der Waals surface area contributed by atoms with Gasteiger partial charge in [0, 0.05) is 18.1 Å². The number of rotatable bonds is 12. The summed E-state index contributed by atoms with van der Waals surface area (Å²) in [5.74, 6) is 1.89. The second kappa shape index (κ2) is 12.1. The lowest BCUT2D eigenvalue weighted by Gasteiger charge is -2.25. The van der Waals surface area contributed by atoms with Crippen molar-refractivity contribution in [1.82, 2.24) is 14.7 Å². The average molecular weight is 472 g/mol. The van der Waals surface area contributed by atoms with Crippen molar-refractivity contribution in [2.24, 2.45) is 0 Å². The fraction of sp³-hybridized carbons (Fsp3) is 0.423. The van der Waals surface area contributed by atoms with E-state index in [-0.39, 0.29) is 6.10 Å². The molecule has 6 nitrogen and oxygen atoms in total. The Morgan fingerprint density at radius 1 is 1.06 bits per heavy atom. The van der Waals surface area contributed by atoms with Crippen molar-refractivity contribution in [2.45, 2.75) is 52.7 Å². The van der Waals surface area contributed by atoms with Crippen LogP contribution < -0.4 is 9.47 Å². The van der Waals surface area contributed by atoms with Crippen LogP contribution in [-0.2, 0) is 6.54 Å². The van der Waals surface area contributed by atoms with Gasteiger partial charge in [0.1, 0.15) is 0 Å². The number of ether oxygens (including phenoxy) is 2. The smallest absolute Gasteiger partial charge is 0.227 e. The zero-order valence-corrected chi connectivity index (χ0v) is 20.7. The van der Waals surface area contributed by atoms with Gasteiger partial charge in [0.2, 0.25) is 5.88 Å². The van der Waals surface area contributed by atoms with Crippen molar-refractivity contribution in [2.75, 3.05) is 20.2 Å². The molecule has 0 fully saturated rings. The third kappa shape index (κ3) is 6.50. The van der Waals surface area contributed by atoms with Gasteiger partial charge in [0.15, 0.2) is 11.5 Å². The summed E-state index contributed by atoms with van der Waals surface area (Å²) >= 11 is 6.11. The van der Waals surface area contributed by atoms with Crippen LogP contribution in [0.25, 0.3) is 5.69 Å². The lowest BCUT2D eigenvalue weighted by Crippen LogP contribution is -2.33. The summed E-state index contributed by atoms with van der Waals surface area (Å²) in [6.07, 6.45) is 2.38. The van der Waals surface area contributed by atoms with Crippen molar-refractivity contribution in [3.05, 3.63) is 64.8 Å².